The topological polar surface area (TPSA) is 98.6 Å². The van der Waals surface area contributed by atoms with Crippen LogP contribution >= 0.6 is 0 Å². The minimum Gasteiger partial charge on any atom is -0.433 e. The predicted molar refractivity (Wildman–Crippen MR) is 145 cm³/mol. The molecule has 41 heavy (non-hydrogen) atoms. The second-order valence-corrected chi connectivity index (χ2v) is 9.54. The number of fused-ring (bicyclic) bond motifs is 1. The number of carbonyl (C=O) groups excluding carboxylic acids is 1. The van der Waals surface area contributed by atoms with E-state index in [2.05, 4.69) is 24.9 Å². The van der Waals surface area contributed by atoms with Gasteiger partial charge in [-0.25, -0.2) is 9.37 Å². The first-order valence-corrected chi connectivity index (χ1v) is 13.1. The minimum atomic E-state index is -3.03. The van der Waals surface area contributed by atoms with Crippen LogP contribution in [0.3, 0.4) is 0 Å². The van der Waals surface area contributed by atoms with E-state index < -0.39 is 29.9 Å². The lowest BCUT2D eigenvalue weighted by atomic mass is 9.99. The van der Waals surface area contributed by atoms with E-state index in [-0.39, 0.29) is 29.1 Å². The second kappa shape index (κ2) is 12.5. The molecule has 1 aliphatic rings. The minimum absolute atomic E-state index is 0.166. The van der Waals surface area contributed by atoms with Crippen LogP contribution in [0, 0.1) is 5.82 Å². The van der Waals surface area contributed by atoms with Gasteiger partial charge in [-0.1, -0.05) is 12.1 Å². The molecule has 0 spiro atoms. The number of benzene rings is 1. The molecule has 12 heteroatoms. The van der Waals surface area contributed by atoms with Gasteiger partial charge in [0, 0.05) is 43.3 Å². The van der Waals surface area contributed by atoms with E-state index in [9.17, 15) is 22.8 Å². The number of aromatic nitrogens is 3. The number of amides is 1. The maximum atomic E-state index is 14.1. The Morgan fingerprint density at radius 3 is 2.51 bits per heavy atom. The zero-order chi connectivity index (χ0) is 28.9. The average Bonchev–Trinajstić information content (AvgIpc) is 2.97. The van der Waals surface area contributed by atoms with Gasteiger partial charge in [-0.3, -0.25) is 24.0 Å². The first-order chi connectivity index (χ1) is 19.8. The zero-order valence-corrected chi connectivity index (χ0v) is 22.2. The largest absolute Gasteiger partial charge is 0.433 e. The van der Waals surface area contributed by atoms with Crippen LogP contribution in [-0.2, 0) is 11.3 Å². The summed E-state index contributed by atoms with van der Waals surface area (Å²) in [6.45, 7) is 2.14. The smallest absolute Gasteiger partial charge is 0.387 e. The number of morpholine rings is 1. The molecule has 9 nitrogen and oxygen atoms in total. The summed E-state index contributed by atoms with van der Waals surface area (Å²) in [5.74, 6) is -1.24. The number of nitrogens with one attached hydrogen (secondary N) is 1. The lowest BCUT2D eigenvalue weighted by Crippen LogP contribution is -2.41. The van der Waals surface area contributed by atoms with E-state index in [4.69, 9.17) is 4.74 Å². The fourth-order valence-corrected chi connectivity index (χ4v) is 4.83. The van der Waals surface area contributed by atoms with E-state index >= 15 is 0 Å². The summed E-state index contributed by atoms with van der Waals surface area (Å²) in [6.07, 6.45) is 2.66. The van der Waals surface area contributed by atoms with E-state index in [1.54, 1.807) is 37.4 Å². The number of halogens is 3. The molecule has 1 N–H and O–H groups in total. The fraction of sp³-hybridized carbons (Fsp3) is 0.310. The summed E-state index contributed by atoms with van der Waals surface area (Å²) in [5, 5.41) is 3.33. The quantitative estimate of drug-likeness (QED) is 0.326. The highest BCUT2D eigenvalue weighted by molar-refractivity contribution is 6.07. The molecule has 1 unspecified atom stereocenters. The lowest BCUT2D eigenvalue weighted by molar-refractivity contribution is -0.0500. The third kappa shape index (κ3) is 6.39. The fourth-order valence-electron chi connectivity index (χ4n) is 4.83. The monoisotopic (exact) mass is 567 g/mol. The average molecular weight is 568 g/mol. The molecule has 1 atom stereocenters. The van der Waals surface area contributed by atoms with E-state index in [1.165, 1.54) is 28.8 Å². The van der Waals surface area contributed by atoms with Gasteiger partial charge in [0.05, 0.1) is 31.1 Å². The molecule has 1 saturated heterocycles. The number of nitrogens with zero attached hydrogens (tertiary/aromatic N) is 4. The maximum absolute atomic E-state index is 14.1. The lowest BCUT2D eigenvalue weighted by Gasteiger charge is -2.27. The summed E-state index contributed by atoms with van der Waals surface area (Å²) in [7, 11) is 0. The van der Waals surface area contributed by atoms with Crippen LogP contribution in [0.5, 0.6) is 5.75 Å². The highest BCUT2D eigenvalue weighted by Gasteiger charge is 2.26. The Bertz CT molecular complexity index is 1570. The van der Waals surface area contributed by atoms with Gasteiger partial charge in [0.1, 0.15) is 22.8 Å². The molecule has 4 heterocycles. The van der Waals surface area contributed by atoms with Crippen molar-refractivity contribution in [1.82, 2.24) is 24.8 Å². The normalized spacial score (nSPS) is 14.8. The third-order valence-electron chi connectivity index (χ3n) is 6.93. The molecule has 0 aliphatic carbocycles. The molecule has 1 fully saturated rings. The number of carbonyl (C=O) groups is 1. The molecular weight excluding hydrogens is 539 g/mol. The first-order valence-electron chi connectivity index (χ1n) is 13.1. The van der Waals surface area contributed by atoms with Crippen LogP contribution in [0.25, 0.3) is 22.3 Å². The summed E-state index contributed by atoms with van der Waals surface area (Å²) < 4.78 is 50.2. The molecular formula is C29H28F3N5O4. The Morgan fingerprint density at radius 1 is 1.07 bits per heavy atom. The van der Waals surface area contributed by atoms with Crippen molar-refractivity contribution in [2.75, 3.05) is 32.8 Å². The van der Waals surface area contributed by atoms with Gasteiger partial charge in [0.2, 0.25) is 0 Å². The van der Waals surface area contributed by atoms with E-state index in [0.717, 1.165) is 19.3 Å². The maximum Gasteiger partial charge on any atom is 0.387 e. The van der Waals surface area contributed by atoms with Gasteiger partial charge in [-0.2, -0.15) is 8.78 Å². The number of alkyl halides is 2. The molecule has 0 bridgehead atoms. The molecule has 0 saturated carbocycles. The van der Waals surface area contributed by atoms with Gasteiger partial charge < -0.3 is 14.8 Å². The van der Waals surface area contributed by atoms with Crippen LogP contribution in [0.4, 0.5) is 13.2 Å². The Hall–Kier alpha value is -4.29. The summed E-state index contributed by atoms with van der Waals surface area (Å²) in [4.78, 5) is 38.8. The number of ether oxygens (including phenoxy) is 2. The Balaban J connectivity index is 1.61. The number of hydrogen-bond acceptors (Lipinski definition) is 7. The third-order valence-corrected chi connectivity index (χ3v) is 6.93. The van der Waals surface area contributed by atoms with Crippen LogP contribution in [0.1, 0.15) is 28.9 Å². The predicted octanol–water partition coefficient (Wildman–Crippen LogP) is 4.02. The van der Waals surface area contributed by atoms with Crippen molar-refractivity contribution in [3.8, 4) is 17.0 Å². The zero-order valence-electron chi connectivity index (χ0n) is 22.2. The van der Waals surface area contributed by atoms with Crippen LogP contribution in [0.15, 0.2) is 65.7 Å². The van der Waals surface area contributed by atoms with Crippen molar-refractivity contribution in [2.24, 2.45) is 0 Å². The molecule has 3 aromatic heterocycles. The van der Waals surface area contributed by atoms with Crippen LogP contribution in [0.2, 0.25) is 0 Å². The number of rotatable bonds is 9. The SMILES string of the molecule is CC(NC(=O)c1c(-c2ccc(OC(F)F)cn2)c2cccnc2n(CCN2CCOCC2)c1=O)c1ccc(F)cc1. The highest BCUT2D eigenvalue weighted by Crippen LogP contribution is 2.30. The molecule has 214 valence electrons. The van der Waals surface area contributed by atoms with Gasteiger partial charge in [0.25, 0.3) is 11.5 Å². The van der Waals surface area contributed by atoms with Crippen molar-refractivity contribution in [3.63, 3.8) is 0 Å². The van der Waals surface area contributed by atoms with Crippen molar-refractivity contribution in [1.29, 1.82) is 0 Å². The Kier molecular flexibility index (Phi) is 8.60. The van der Waals surface area contributed by atoms with Crippen LogP contribution in [-0.4, -0.2) is 64.8 Å². The molecule has 5 rings (SSSR count). The van der Waals surface area contributed by atoms with E-state index in [1.807, 2.05) is 0 Å². The Labute approximate surface area is 233 Å². The molecule has 4 aromatic rings. The van der Waals surface area contributed by atoms with Crippen molar-refractivity contribution < 1.29 is 27.4 Å². The summed E-state index contributed by atoms with van der Waals surface area (Å²) >= 11 is 0. The second-order valence-electron chi connectivity index (χ2n) is 9.54. The molecule has 1 aliphatic heterocycles. The van der Waals surface area contributed by atoms with Crippen molar-refractivity contribution >= 4 is 16.9 Å². The highest BCUT2D eigenvalue weighted by atomic mass is 19.3. The number of hydrogen-bond donors (Lipinski definition) is 1. The first kappa shape index (κ1) is 28.2. The van der Waals surface area contributed by atoms with Gasteiger partial charge in [-0.15, -0.1) is 0 Å². The van der Waals surface area contributed by atoms with Crippen molar-refractivity contribution in [2.45, 2.75) is 26.1 Å². The standard InChI is InChI=1S/C29H28F3N5O4/c1-18(19-4-6-20(30)7-5-19)35-27(38)25-24(23-9-8-21(17-34-23)41-29(31)32)22-3-2-10-33-26(22)37(28(25)39)12-11-36-13-15-40-16-14-36/h2-10,17-18,29H,11-16H2,1H3,(H,35,38). The van der Waals surface area contributed by atoms with Gasteiger partial charge >= 0.3 is 6.61 Å². The summed E-state index contributed by atoms with van der Waals surface area (Å²) in [6, 6.07) is 11.2. The summed E-state index contributed by atoms with van der Waals surface area (Å²) in [5.41, 5.74) is 0.686. The molecule has 0 radical (unpaired) electrons. The molecule has 1 aromatic carbocycles. The van der Waals surface area contributed by atoms with Gasteiger partial charge in [0.15, 0.2) is 0 Å². The van der Waals surface area contributed by atoms with Crippen LogP contribution < -0.4 is 15.6 Å². The molecule has 1 amide bonds. The van der Waals surface area contributed by atoms with Crippen molar-refractivity contribution in [3.05, 3.63) is 88.2 Å². The Morgan fingerprint density at radius 2 is 1.83 bits per heavy atom. The van der Waals surface area contributed by atoms with E-state index in [0.29, 0.717) is 36.4 Å². The number of pyridine rings is 3. The van der Waals surface area contributed by atoms with Gasteiger partial charge in [-0.05, 0) is 48.9 Å².